The van der Waals surface area contributed by atoms with Gasteiger partial charge in [-0.1, -0.05) is 41.9 Å². The van der Waals surface area contributed by atoms with E-state index in [1.807, 2.05) is 0 Å². The molecule has 82 valence electrons. The summed E-state index contributed by atoms with van der Waals surface area (Å²) in [5.41, 5.74) is 10.4. The van der Waals surface area contributed by atoms with Crippen LogP contribution < -0.4 is 5.73 Å². The van der Waals surface area contributed by atoms with Crippen molar-refractivity contribution < 1.29 is 0 Å². The Morgan fingerprint density at radius 3 is 2.27 bits per heavy atom. The maximum absolute atomic E-state index is 6.12. The molecule has 0 radical (unpaired) electrons. The Balaban J connectivity index is 2.44. The van der Waals surface area contributed by atoms with Crippen molar-refractivity contribution >= 4 is 15.9 Å². The normalized spacial score (nSPS) is 27.9. The molecule has 0 aliphatic heterocycles. The van der Waals surface area contributed by atoms with Crippen molar-refractivity contribution in [2.75, 3.05) is 0 Å². The van der Waals surface area contributed by atoms with Crippen LogP contribution in [0.1, 0.15) is 36.5 Å². The Hall–Kier alpha value is -0.340. The minimum absolute atomic E-state index is 0.263. The fourth-order valence-corrected chi connectivity index (χ4v) is 2.81. The van der Waals surface area contributed by atoms with Crippen LogP contribution in [0.15, 0.2) is 16.6 Å². The molecule has 2 rings (SSSR count). The zero-order chi connectivity index (χ0) is 11.4. The van der Waals surface area contributed by atoms with Gasteiger partial charge >= 0.3 is 0 Å². The third-order valence-corrected chi connectivity index (χ3v) is 5.09. The summed E-state index contributed by atoms with van der Waals surface area (Å²) in [4.78, 5) is 0. The van der Waals surface area contributed by atoms with E-state index in [1.165, 1.54) is 21.2 Å². The molecule has 0 aromatic heterocycles. The maximum Gasteiger partial charge on any atom is 0.0236 e. The number of rotatable bonds is 1. The molecule has 1 saturated carbocycles. The second kappa shape index (κ2) is 3.33. The summed E-state index contributed by atoms with van der Waals surface area (Å²) in [7, 11) is 0. The summed E-state index contributed by atoms with van der Waals surface area (Å²) in [6.07, 6.45) is 0. The third kappa shape index (κ3) is 1.55. The average molecular weight is 268 g/mol. The number of nitrogens with two attached hydrogens (primary N) is 1. The van der Waals surface area contributed by atoms with Gasteiger partial charge in [0.2, 0.25) is 0 Å². The van der Waals surface area contributed by atoms with Crippen molar-refractivity contribution in [2.45, 2.75) is 39.7 Å². The molecular formula is C13H18BrN. The molecule has 1 aromatic carbocycles. The molecule has 0 bridgehead atoms. The first-order valence-corrected chi connectivity index (χ1v) is 6.18. The lowest BCUT2D eigenvalue weighted by Crippen LogP contribution is -2.06. The number of benzene rings is 1. The number of hydrogen-bond acceptors (Lipinski definition) is 1. The van der Waals surface area contributed by atoms with E-state index >= 15 is 0 Å². The maximum atomic E-state index is 6.12. The lowest BCUT2D eigenvalue weighted by atomic mass is 9.97. The Morgan fingerprint density at radius 2 is 1.80 bits per heavy atom. The summed E-state index contributed by atoms with van der Waals surface area (Å²) in [5.74, 6) is 0.523. The predicted octanol–water partition coefficient (Wildman–Crippen LogP) is 3.52. The zero-order valence-corrected chi connectivity index (χ0v) is 11.4. The molecular weight excluding hydrogens is 250 g/mol. The molecule has 0 heterocycles. The lowest BCUT2D eigenvalue weighted by Gasteiger charge is -2.11. The van der Waals surface area contributed by atoms with Crippen LogP contribution in [0.3, 0.4) is 0 Å². The van der Waals surface area contributed by atoms with E-state index in [0.29, 0.717) is 12.0 Å². The van der Waals surface area contributed by atoms with Gasteiger partial charge in [0.05, 0.1) is 0 Å². The molecule has 2 heteroatoms. The lowest BCUT2D eigenvalue weighted by molar-refractivity contribution is 0.598. The Morgan fingerprint density at radius 1 is 1.27 bits per heavy atom. The Kier molecular flexibility index (Phi) is 2.47. The topological polar surface area (TPSA) is 26.0 Å². The van der Waals surface area contributed by atoms with E-state index in [-0.39, 0.29) is 5.41 Å². The SMILES string of the molecule is Cc1ccc([C@@H]2[C@@H](N)C2(C)C)c(C)c1Br. The second-order valence-electron chi connectivity index (χ2n) is 5.24. The highest BCUT2D eigenvalue weighted by Crippen LogP contribution is 2.58. The molecule has 1 aromatic rings. The molecule has 2 N–H and O–H groups in total. The van der Waals surface area contributed by atoms with Gasteiger partial charge in [-0.2, -0.15) is 0 Å². The minimum atomic E-state index is 0.263. The van der Waals surface area contributed by atoms with E-state index in [1.54, 1.807) is 0 Å². The molecule has 0 amide bonds. The van der Waals surface area contributed by atoms with Crippen LogP contribution in [-0.4, -0.2) is 6.04 Å². The first-order valence-electron chi connectivity index (χ1n) is 5.38. The molecule has 0 saturated heterocycles. The summed E-state index contributed by atoms with van der Waals surface area (Å²) < 4.78 is 1.23. The monoisotopic (exact) mass is 267 g/mol. The van der Waals surface area contributed by atoms with Crippen LogP contribution in [0.25, 0.3) is 0 Å². The Bertz CT molecular complexity index is 409. The van der Waals surface area contributed by atoms with Gasteiger partial charge in [-0.05, 0) is 36.0 Å². The van der Waals surface area contributed by atoms with Crippen LogP contribution in [0.4, 0.5) is 0 Å². The van der Waals surface area contributed by atoms with Crippen molar-refractivity contribution in [2.24, 2.45) is 11.1 Å². The highest BCUT2D eigenvalue weighted by atomic mass is 79.9. The van der Waals surface area contributed by atoms with Crippen LogP contribution in [0, 0.1) is 19.3 Å². The van der Waals surface area contributed by atoms with Gasteiger partial charge in [-0.25, -0.2) is 0 Å². The second-order valence-corrected chi connectivity index (χ2v) is 6.03. The van der Waals surface area contributed by atoms with Gasteiger partial charge in [-0.3, -0.25) is 0 Å². The Labute approximate surface area is 100 Å². The van der Waals surface area contributed by atoms with E-state index < -0.39 is 0 Å². The third-order valence-electron chi connectivity index (χ3n) is 3.87. The smallest absolute Gasteiger partial charge is 0.0236 e. The van der Waals surface area contributed by atoms with Crippen LogP contribution >= 0.6 is 15.9 Å². The van der Waals surface area contributed by atoms with E-state index in [2.05, 4.69) is 55.8 Å². The number of hydrogen-bond donors (Lipinski definition) is 1. The minimum Gasteiger partial charge on any atom is -0.327 e. The van der Waals surface area contributed by atoms with Gasteiger partial charge in [0.1, 0.15) is 0 Å². The summed E-state index contributed by atoms with van der Waals surface area (Å²) in [5, 5.41) is 0. The largest absolute Gasteiger partial charge is 0.327 e. The molecule has 2 atom stereocenters. The molecule has 0 unspecified atom stereocenters. The van der Waals surface area contributed by atoms with Crippen molar-refractivity contribution in [3.63, 3.8) is 0 Å². The molecule has 1 aliphatic carbocycles. The van der Waals surface area contributed by atoms with Crippen molar-refractivity contribution in [3.05, 3.63) is 33.3 Å². The number of halogens is 1. The highest BCUT2D eigenvalue weighted by molar-refractivity contribution is 9.10. The van der Waals surface area contributed by atoms with Crippen LogP contribution in [0.2, 0.25) is 0 Å². The van der Waals surface area contributed by atoms with Crippen molar-refractivity contribution in [1.29, 1.82) is 0 Å². The van der Waals surface area contributed by atoms with Crippen molar-refractivity contribution in [3.8, 4) is 0 Å². The number of aryl methyl sites for hydroxylation is 1. The molecule has 0 spiro atoms. The highest BCUT2D eigenvalue weighted by Gasteiger charge is 2.56. The molecule has 1 fully saturated rings. The molecule has 15 heavy (non-hydrogen) atoms. The van der Waals surface area contributed by atoms with Crippen LogP contribution in [-0.2, 0) is 0 Å². The van der Waals surface area contributed by atoms with Crippen molar-refractivity contribution in [1.82, 2.24) is 0 Å². The van der Waals surface area contributed by atoms with Gasteiger partial charge in [0.15, 0.2) is 0 Å². The average Bonchev–Trinajstić information content (AvgIpc) is 2.64. The fraction of sp³-hybridized carbons (Fsp3) is 0.538. The quantitative estimate of drug-likeness (QED) is 0.828. The van der Waals surface area contributed by atoms with E-state index in [0.717, 1.165) is 0 Å². The van der Waals surface area contributed by atoms with Gasteiger partial charge in [0.25, 0.3) is 0 Å². The summed E-state index contributed by atoms with van der Waals surface area (Å²) in [6, 6.07) is 4.72. The summed E-state index contributed by atoms with van der Waals surface area (Å²) >= 11 is 3.64. The fourth-order valence-electron chi connectivity index (χ4n) is 2.44. The van der Waals surface area contributed by atoms with E-state index in [9.17, 15) is 0 Å². The standard InChI is InChI=1S/C13H18BrN/c1-7-5-6-9(8(2)11(7)14)10-12(15)13(10,3)4/h5-6,10,12H,15H2,1-4H3/t10-,12-/m1/s1. The summed E-state index contributed by atoms with van der Waals surface area (Å²) in [6.45, 7) is 8.79. The first-order chi connectivity index (χ1) is 6.87. The van der Waals surface area contributed by atoms with Gasteiger partial charge in [-0.15, -0.1) is 0 Å². The molecule has 1 aliphatic rings. The first kappa shape index (κ1) is 11.2. The van der Waals surface area contributed by atoms with Gasteiger partial charge in [0, 0.05) is 16.4 Å². The van der Waals surface area contributed by atoms with Crippen LogP contribution in [0.5, 0.6) is 0 Å². The van der Waals surface area contributed by atoms with Gasteiger partial charge < -0.3 is 5.73 Å². The predicted molar refractivity (Wildman–Crippen MR) is 68.1 cm³/mol. The zero-order valence-electron chi connectivity index (χ0n) is 9.76. The van der Waals surface area contributed by atoms with E-state index in [4.69, 9.17) is 5.73 Å². The molecule has 1 nitrogen and oxygen atoms in total.